The van der Waals surface area contributed by atoms with E-state index in [0.717, 1.165) is 56.9 Å². The molecule has 6 rings (SSSR count). The van der Waals surface area contributed by atoms with Crippen LogP contribution in [0.15, 0.2) is 24.3 Å². The summed E-state index contributed by atoms with van der Waals surface area (Å²) in [7, 11) is 0. The predicted molar refractivity (Wildman–Crippen MR) is 136 cm³/mol. The van der Waals surface area contributed by atoms with Crippen LogP contribution in [0.3, 0.4) is 0 Å². The van der Waals surface area contributed by atoms with Crippen LogP contribution in [0.1, 0.15) is 56.9 Å². The van der Waals surface area contributed by atoms with Gasteiger partial charge in [-0.25, -0.2) is 0 Å². The molecule has 2 N–H and O–H groups in total. The number of aryl methyl sites for hydroxylation is 1. The Bertz CT molecular complexity index is 842. The first-order chi connectivity index (χ1) is 16.5. The number of nitrogens with one attached hydrogen (secondary N) is 2. The molecule has 4 bridgehead atoms. The molecule has 4 saturated carbocycles. The zero-order valence-electron chi connectivity index (χ0n) is 20.9. The first-order valence-corrected chi connectivity index (χ1v) is 13.5. The minimum Gasteiger partial charge on any atom is -0.369 e. The zero-order chi connectivity index (χ0) is 23.5. The van der Waals surface area contributed by atoms with E-state index in [2.05, 4.69) is 51.6 Å². The Labute approximate surface area is 204 Å². The van der Waals surface area contributed by atoms with Crippen molar-refractivity contribution < 1.29 is 9.59 Å². The third-order valence-electron chi connectivity index (χ3n) is 8.86. The van der Waals surface area contributed by atoms with E-state index in [4.69, 9.17) is 0 Å². The van der Waals surface area contributed by atoms with E-state index in [9.17, 15) is 9.59 Å². The van der Waals surface area contributed by atoms with Crippen molar-refractivity contribution in [1.82, 2.24) is 15.5 Å². The summed E-state index contributed by atoms with van der Waals surface area (Å²) >= 11 is 0. The Morgan fingerprint density at radius 3 is 2.26 bits per heavy atom. The average molecular weight is 467 g/mol. The summed E-state index contributed by atoms with van der Waals surface area (Å²) in [5, 5.41) is 5.89. The highest BCUT2D eigenvalue weighted by Crippen LogP contribution is 2.61. The van der Waals surface area contributed by atoms with Gasteiger partial charge in [0.2, 0.25) is 11.8 Å². The lowest BCUT2D eigenvalue weighted by atomic mass is 9.49. The zero-order valence-corrected chi connectivity index (χ0v) is 20.9. The summed E-state index contributed by atoms with van der Waals surface area (Å²) in [5.41, 5.74) is 2.86. The number of carbonyl (C=O) groups excluding carboxylic acids is 2. The maximum absolute atomic E-state index is 12.6. The summed E-state index contributed by atoms with van der Waals surface area (Å²) < 4.78 is 0. The number of hydrogen-bond donors (Lipinski definition) is 2. The molecule has 186 valence electrons. The van der Waals surface area contributed by atoms with Crippen molar-refractivity contribution >= 4 is 17.5 Å². The van der Waals surface area contributed by atoms with E-state index in [1.54, 1.807) is 0 Å². The van der Waals surface area contributed by atoms with Crippen LogP contribution in [0.2, 0.25) is 0 Å². The monoisotopic (exact) mass is 466 g/mol. The van der Waals surface area contributed by atoms with Crippen LogP contribution < -0.4 is 15.5 Å². The van der Waals surface area contributed by atoms with Gasteiger partial charge in [0.15, 0.2) is 0 Å². The molecular formula is C28H42N4O2. The van der Waals surface area contributed by atoms with E-state index in [-0.39, 0.29) is 23.8 Å². The van der Waals surface area contributed by atoms with Crippen LogP contribution in [0.4, 0.5) is 5.69 Å². The lowest BCUT2D eigenvalue weighted by molar-refractivity contribution is -0.131. The number of hydrogen-bond acceptors (Lipinski definition) is 4. The van der Waals surface area contributed by atoms with Crippen LogP contribution in [0.25, 0.3) is 0 Å². The van der Waals surface area contributed by atoms with Gasteiger partial charge in [0.05, 0.1) is 6.54 Å². The topological polar surface area (TPSA) is 64.7 Å². The van der Waals surface area contributed by atoms with Gasteiger partial charge in [-0.3, -0.25) is 14.5 Å². The molecule has 34 heavy (non-hydrogen) atoms. The molecule has 1 aliphatic heterocycles. The van der Waals surface area contributed by atoms with Gasteiger partial charge in [0.1, 0.15) is 0 Å². The van der Waals surface area contributed by atoms with Crippen LogP contribution in [-0.4, -0.2) is 62.5 Å². The number of rotatable bonds is 9. The van der Waals surface area contributed by atoms with Crippen LogP contribution in [0.5, 0.6) is 0 Å². The van der Waals surface area contributed by atoms with Gasteiger partial charge >= 0.3 is 0 Å². The molecule has 1 saturated heterocycles. The van der Waals surface area contributed by atoms with E-state index in [0.29, 0.717) is 13.0 Å². The lowest BCUT2D eigenvalue weighted by Crippen LogP contribution is -2.48. The summed E-state index contributed by atoms with van der Waals surface area (Å²) in [4.78, 5) is 29.8. The molecule has 0 atom stereocenters. The quantitative estimate of drug-likeness (QED) is 0.548. The number of nitrogens with zero attached hydrogens (tertiary/aromatic N) is 2. The fraction of sp³-hybridized carbons (Fsp3) is 0.714. The first kappa shape index (κ1) is 23.7. The number of amides is 2. The second-order valence-corrected chi connectivity index (χ2v) is 11.7. The number of benzene rings is 1. The average Bonchev–Trinajstić information content (AvgIpc) is 2.80. The molecule has 0 radical (unpaired) electrons. The number of carbonyl (C=O) groups is 2. The minimum absolute atomic E-state index is 0.0665. The highest BCUT2D eigenvalue weighted by molar-refractivity contribution is 5.84. The molecular weight excluding hydrogens is 424 g/mol. The van der Waals surface area contributed by atoms with E-state index in [1.807, 2.05) is 0 Å². The largest absolute Gasteiger partial charge is 0.369 e. The molecule has 5 fully saturated rings. The normalized spacial score (nSPS) is 30.4. The fourth-order valence-electron chi connectivity index (χ4n) is 7.74. The maximum Gasteiger partial charge on any atom is 0.239 e. The molecule has 0 spiro atoms. The van der Waals surface area contributed by atoms with Gasteiger partial charge in [0, 0.05) is 44.8 Å². The van der Waals surface area contributed by atoms with Gasteiger partial charge in [-0.05, 0) is 99.3 Å². The Hall–Kier alpha value is -2.08. The van der Waals surface area contributed by atoms with Gasteiger partial charge in [-0.15, -0.1) is 0 Å². The molecule has 1 aromatic carbocycles. The van der Waals surface area contributed by atoms with E-state index >= 15 is 0 Å². The lowest BCUT2D eigenvalue weighted by Gasteiger charge is -2.56. The molecule has 4 aliphatic carbocycles. The van der Waals surface area contributed by atoms with Gasteiger partial charge in [0.25, 0.3) is 0 Å². The first-order valence-electron chi connectivity index (χ1n) is 13.5. The predicted octanol–water partition coefficient (Wildman–Crippen LogP) is 3.35. The third-order valence-corrected chi connectivity index (χ3v) is 8.86. The summed E-state index contributed by atoms with van der Waals surface area (Å²) in [6.07, 6.45) is 9.45. The minimum atomic E-state index is -0.0665. The number of anilines is 1. The summed E-state index contributed by atoms with van der Waals surface area (Å²) in [6, 6.07) is 8.72. The van der Waals surface area contributed by atoms with E-state index < -0.39 is 0 Å². The Kier molecular flexibility index (Phi) is 7.14. The van der Waals surface area contributed by atoms with Crippen molar-refractivity contribution in [2.75, 3.05) is 50.7 Å². The van der Waals surface area contributed by atoms with Crippen molar-refractivity contribution in [2.45, 2.75) is 58.3 Å². The van der Waals surface area contributed by atoms with Crippen molar-refractivity contribution in [3.8, 4) is 0 Å². The van der Waals surface area contributed by atoms with Crippen LogP contribution >= 0.6 is 0 Å². The van der Waals surface area contributed by atoms with Crippen molar-refractivity contribution in [1.29, 1.82) is 0 Å². The highest BCUT2D eigenvalue weighted by Gasteiger charge is 2.51. The Balaban J connectivity index is 0.940. The molecule has 0 aromatic heterocycles. The molecule has 0 unspecified atom stereocenters. The smallest absolute Gasteiger partial charge is 0.239 e. The summed E-state index contributed by atoms with van der Waals surface area (Å²) in [5.74, 6) is 2.57. The molecule has 5 aliphatic rings. The van der Waals surface area contributed by atoms with Gasteiger partial charge in [-0.1, -0.05) is 12.1 Å². The Morgan fingerprint density at radius 2 is 1.62 bits per heavy atom. The summed E-state index contributed by atoms with van der Waals surface area (Å²) in [6.45, 7) is 8.13. The maximum atomic E-state index is 12.6. The van der Waals surface area contributed by atoms with Crippen molar-refractivity contribution in [3.05, 3.63) is 29.8 Å². The third kappa shape index (κ3) is 5.76. The van der Waals surface area contributed by atoms with Gasteiger partial charge < -0.3 is 15.5 Å². The second-order valence-electron chi connectivity index (χ2n) is 11.7. The fourth-order valence-corrected chi connectivity index (χ4v) is 7.74. The van der Waals surface area contributed by atoms with Crippen molar-refractivity contribution in [2.24, 2.45) is 23.2 Å². The van der Waals surface area contributed by atoms with E-state index in [1.165, 1.54) is 49.8 Å². The number of piperazine rings is 1. The highest BCUT2D eigenvalue weighted by atomic mass is 16.2. The van der Waals surface area contributed by atoms with Crippen molar-refractivity contribution in [3.63, 3.8) is 0 Å². The molecule has 6 nitrogen and oxygen atoms in total. The molecule has 2 amide bonds. The second kappa shape index (κ2) is 10.3. The Morgan fingerprint density at radius 1 is 0.941 bits per heavy atom. The molecule has 1 heterocycles. The SMILES string of the molecule is Cc1cccc(N2CCN(CCCNC(=O)CNC(=O)CC34CC5CC(CC(C5)C3)C4)CC2)c1. The van der Waals surface area contributed by atoms with Crippen LogP contribution in [0, 0.1) is 30.1 Å². The molecule has 1 aromatic rings. The van der Waals surface area contributed by atoms with Crippen LogP contribution in [-0.2, 0) is 9.59 Å². The van der Waals surface area contributed by atoms with Gasteiger partial charge in [-0.2, -0.15) is 0 Å². The standard InChI is InChI=1S/C28H42N4O2/c1-21-4-2-5-25(12-21)32-10-8-31(9-11-32)7-3-6-29-27(34)20-30-26(33)19-28-16-22-13-23(17-28)15-24(14-22)18-28/h2,4-5,12,22-24H,3,6-11,13-20H2,1H3,(H,29,34)(H,30,33). The molecule has 6 heteroatoms.